The number of anilines is 3. The predicted octanol–water partition coefficient (Wildman–Crippen LogP) is 14.1. The summed E-state index contributed by atoms with van der Waals surface area (Å²) in [5.74, 6) is 0. The molecule has 2 heterocycles. The van der Waals surface area contributed by atoms with Crippen LogP contribution in [-0.2, 0) is 5.41 Å². The minimum Gasteiger partial charge on any atom is -0.456 e. The molecule has 0 atom stereocenters. The molecule has 0 radical (unpaired) electrons. The maximum absolute atomic E-state index is 6.72. The van der Waals surface area contributed by atoms with Gasteiger partial charge in [-0.15, -0.1) is 0 Å². The number of nitrogens with zero attached hydrogens (tertiary/aromatic N) is 1. The van der Waals surface area contributed by atoms with E-state index in [1.54, 1.807) is 0 Å². The van der Waals surface area contributed by atoms with Gasteiger partial charge < -0.3 is 13.7 Å². The van der Waals surface area contributed by atoms with Crippen molar-refractivity contribution < 1.29 is 8.83 Å². The van der Waals surface area contributed by atoms with E-state index in [-0.39, 0.29) is 5.41 Å². The van der Waals surface area contributed by atoms with Gasteiger partial charge in [0, 0.05) is 54.8 Å². The molecule has 246 valence electrons. The molecule has 0 bridgehead atoms. The van der Waals surface area contributed by atoms with E-state index in [0.717, 1.165) is 77.5 Å². The number of furan rings is 2. The second-order valence-corrected chi connectivity index (χ2v) is 14.5. The number of hydrogen-bond donors (Lipinski definition) is 0. The number of benzene rings is 8. The van der Waals surface area contributed by atoms with Gasteiger partial charge in [-0.05, 0) is 76.2 Å². The molecule has 1 aliphatic rings. The molecule has 2 aromatic heterocycles. The third-order valence-electron chi connectivity index (χ3n) is 11.3. The van der Waals surface area contributed by atoms with E-state index in [4.69, 9.17) is 8.83 Å². The lowest BCUT2D eigenvalue weighted by molar-refractivity contribution is 0.660. The second kappa shape index (κ2) is 10.7. The van der Waals surface area contributed by atoms with E-state index in [9.17, 15) is 0 Å². The van der Waals surface area contributed by atoms with Crippen molar-refractivity contribution >= 4 is 71.7 Å². The summed E-state index contributed by atoms with van der Waals surface area (Å²) in [6, 6.07) is 58.7. The molecule has 0 N–H and O–H groups in total. The molecule has 0 spiro atoms. The van der Waals surface area contributed by atoms with Gasteiger partial charge in [-0.25, -0.2) is 0 Å². The minimum atomic E-state index is -0.112. The maximum atomic E-state index is 6.72. The Morgan fingerprint density at radius 2 is 1.12 bits per heavy atom. The Kier molecular flexibility index (Phi) is 6.01. The summed E-state index contributed by atoms with van der Waals surface area (Å²) in [6.45, 7) is 4.68. The van der Waals surface area contributed by atoms with E-state index < -0.39 is 0 Å². The number of rotatable bonds is 4. The zero-order valence-electron chi connectivity index (χ0n) is 28.9. The van der Waals surface area contributed by atoms with Crippen LogP contribution >= 0.6 is 0 Å². The van der Waals surface area contributed by atoms with Gasteiger partial charge in [0.15, 0.2) is 0 Å². The first kappa shape index (κ1) is 29.2. The van der Waals surface area contributed by atoms with Crippen molar-refractivity contribution in [1.82, 2.24) is 0 Å². The third-order valence-corrected chi connectivity index (χ3v) is 11.3. The molecule has 1 aliphatic carbocycles. The van der Waals surface area contributed by atoms with E-state index in [2.05, 4.69) is 170 Å². The van der Waals surface area contributed by atoms with Gasteiger partial charge in [0.05, 0.1) is 5.69 Å². The number of hydrogen-bond acceptors (Lipinski definition) is 3. The van der Waals surface area contributed by atoms with Gasteiger partial charge in [-0.3, -0.25) is 0 Å². The van der Waals surface area contributed by atoms with Crippen LogP contribution in [-0.4, -0.2) is 0 Å². The monoisotopic (exact) mass is 667 g/mol. The van der Waals surface area contributed by atoms with Crippen LogP contribution in [0.2, 0.25) is 0 Å². The zero-order chi connectivity index (χ0) is 34.6. The molecule has 0 unspecified atom stereocenters. The Morgan fingerprint density at radius 3 is 2.02 bits per heavy atom. The molecule has 0 saturated carbocycles. The quantitative estimate of drug-likeness (QED) is 0.187. The lowest BCUT2D eigenvalue weighted by Gasteiger charge is -2.29. The molecule has 10 aromatic rings. The van der Waals surface area contributed by atoms with Crippen molar-refractivity contribution in [3.05, 3.63) is 175 Å². The van der Waals surface area contributed by atoms with E-state index in [0.29, 0.717) is 0 Å². The number of fused-ring (bicyclic) bond motifs is 11. The van der Waals surface area contributed by atoms with E-state index in [1.165, 1.54) is 27.6 Å². The topological polar surface area (TPSA) is 29.5 Å². The third kappa shape index (κ3) is 4.08. The summed E-state index contributed by atoms with van der Waals surface area (Å²) < 4.78 is 13.0. The normalized spacial score (nSPS) is 13.3. The SMILES string of the molecule is CC1(C)c2ccccc2-c2c(N(c3ccc(-c4cccc5c4oc4c6ccccc6ccc54)cc3)c3ccc4oc5ccccc5c4c3)cccc21. The van der Waals surface area contributed by atoms with Gasteiger partial charge in [-0.1, -0.05) is 129 Å². The molecule has 8 aromatic carbocycles. The Labute approximate surface area is 301 Å². The Bertz CT molecular complexity index is 3050. The first-order chi connectivity index (χ1) is 25.5. The lowest BCUT2D eigenvalue weighted by Crippen LogP contribution is -2.16. The Hall–Kier alpha value is -6.58. The molecule has 52 heavy (non-hydrogen) atoms. The smallest absolute Gasteiger partial charge is 0.143 e. The molecular formula is C49H33NO2. The molecule has 0 amide bonds. The highest BCUT2D eigenvalue weighted by Crippen LogP contribution is 2.54. The summed E-state index contributed by atoms with van der Waals surface area (Å²) in [7, 11) is 0. The summed E-state index contributed by atoms with van der Waals surface area (Å²) >= 11 is 0. The fraction of sp³-hybridized carbons (Fsp3) is 0.0612. The van der Waals surface area contributed by atoms with Crippen LogP contribution in [0.3, 0.4) is 0 Å². The van der Waals surface area contributed by atoms with Crippen molar-refractivity contribution in [2.75, 3.05) is 4.90 Å². The summed E-state index contributed by atoms with van der Waals surface area (Å²) in [4.78, 5) is 2.41. The van der Waals surface area contributed by atoms with Gasteiger partial charge in [-0.2, -0.15) is 0 Å². The van der Waals surface area contributed by atoms with Crippen LogP contribution in [0.4, 0.5) is 17.1 Å². The Morgan fingerprint density at radius 1 is 0.442 bits per heavy atom. The van der Waals surface area contributed by atoms with Crippen LogP contribution in [0.25, 0.3) is 76.9 Å². The van der Waals surface area contributed by atoms with Gasteiger partial charge in [0.1, 0.15) is 22.3 Å². The first-order valence-electron chi connectivity index (χ1n) is 17.9. The molecule has 0 saturated heterocycles. The molecule has 0 aliphatic heterocycles. The van der Waals surface area contributed by atoms with Crippen molar-refractivity contribution in [3.63, 3.8) is 0 Å². The van der Waals surface area contributed by atoms with Gasteiger partial charge in [0.25, 0.3) is 0 Å². The van der Waals surface area contributed by atoms with Crippen molar-refractivity contribution in [1.29, 1.82) is 0 Å². The molecule has 11 rings (SSSR count). The highest BCUT2D eigenvalue weighted by Gasteiger charge is 2.37. The Balaban J connectivity index is 1.11. The van der Waals surface area contributed by atoms with Crippen molar-refractivity contribution in [3.8, 4) is 22.3 Å². The van der Waals surface area contributed by atoms with Crippen molar-refractivity contribution in [2.45, 2.75) is 19.3 Å². The summed E-state index contributed by atoms with van der Waals surface area (Å²) in [6.07, 6.45) is 0. The minimum absolute atomic E-state index is 0.112. The predicted molar refractivity (Wildman–Crippen MR) is 216 cm³/mol. The van der Waals surface area contributed by atoms with Crippen molar-refractivity contribution in [2.24, 2.45) is 0 Å². The second-order valence-electron chi connectivity index (χ2n) is 14.5. The lowest BCUT2D eigenvalue weighted by atomic mass is 9.82. The van der Waals surface area contributed by atoms with Crippen LogP contribution in [0.15, 0.2) is 173 Å². The molecule has 0 fully saturated rings. The fourth-order valence-corrected chi connectivity index (χ4v) is 8.75. The highest BCUT2D eigenvalue weighted by molar-refractivity contribution is 6.17. The van der Waals surface area contributed by atoms with Gasteiger partial charge >= 0.3 is 0 Å². The van der Waals surface area contributed by atoms with E-state index >= 15 is 0 Å². The maximum Gasteiger partial charge on any atom is 0.143 e. The zero-order valence-corrected chi connectivity index (χ0v) is 28.9. The summed E-state index contributed by atoms with van der Waals surface area (Å²) in [5.41, 5.74) is 14.3. The first-order valence-corrected chi connectivity index (χ1v) is 17.9. The largest absolute Gasteiger partial charge is 0.456 e. The molecule has 3 heteroatoms. The summed E-state index contributed by atoms with van der Waals surface area (Å²) in [5, 5.41) is 6.81. The fourth-order valence-electron chi connectivity index (χ4n) is 8.75. The molecule has 3 nitrogen and oxygen atoms in total. The average Bonchev–Trinajstić information content (AvgIpc) is 3.83. The van der Waals surface area contributed by atoms with Crippen LogP contribution < -0.4 is 4.90 Å². The average molecular weight is 668 g/mol. The van der Waals surface area contributed by atoms with E-state index in [1.807, 2.05) is 12.1 Å². The highest BCUT2D eigenvalue weighted by atomic mass is 16.3. The standard InChI is InChI=1S/C49H33NO2/c1-49(2)41-17-7-5-14-39(41)46-42(49)18-10-19-43(46)50(33-26-28-45-40(29-33)36-13-6-8-20-44(36)51-45)32-24-21-31(22-25-32)35-15-9-16-37-38-27-23-30-11-3-4-12-34(30)48(38)52-47(35)37/h3-29H,1-2H3. The van der Waals surface area contributed by atoms with Crippen LogP contribution in [0, 0.1) is 0 Å². The van der Waals surface area contributed by atoms with Crippen LogP contribution in [0.1, 0.15) is 25.0 Å². The van der Waals surface area contributed by atoms with Crippen LogP contribution in [0.5, 0.6) is 0 Å². The number of para-hydroxylation sites is 2. The van der Waals surface area contributed by atoms with Gasteiger partial charge in [0.2, 0.25) is 0 Å². The molecular weight excluding hydrogens is 635 g/mol.